The Kier molecular flexibility index (Phi) is 4.52. The summed E-state index contributed by atoms with van der Waals surface area (Å²) in [6.45, 7) is 4.43. The summed E-state index contributed by atoms with van der Waals surface area (Å²) in [7, 11) is 1.87. The van der Waals surface area contributed by atoms with Crippen molar-refractivity contribution in [1.29, 1.82) is 0 Å². The fourth-order valence-corrected chi connectivity index (χ4v) is 2.16. The second-order valence-corrected chi connectivity index (χ2v) is 4.97. The Morgan fingerprint density at radius 2 is 2.38 bits per heavy atom. The van der Waals surface area contributed by atoms with Crippen LogP contribution in [0.2, 0.25) is 0 Å². The number of hydrogen-bond donors (Lipinski definition) is 1. The molecule has 0 aliphatic heterocycles. The highest BCUT2D eigenvalue weighted by Crippen LogP contribution is 2.20. The standard InChI is InChI=1S/C8H15N3S2/c1-4-6(2)12-5-7-10-8(9-3)13-11-7/h6H,4-5H2,1-3H3,(H,9,10,11). The van der Waals surface area contributed by atoms with E-state index in [-0.39, 0.29) is 0 Å². The molecular weight excluding hydrogens is 202 g/mol. The molecule has 0 fully saturated rings. The Balaban J connectivity index is 2.36. The minimum atomic E-state index is 0.696. The smallest absolute Gasteiger partial charge is 0.202 e. The lowest BCUT2D eigenvalue weighted by Gasteiger charge is -2.04. The number of hydrogen-bond acceptors (Lipinski definition) is 5. The molecule has 0 spiro atoms. The number of anilines is 1. The van der Waals surface area contributed by atoms with E-state index < -0.39 is 0 Å². The van der Waals surface area contributed by atoms with Crippen molar-refractivity contribution in [3.63, 3.8) is 0 Å². The van der Waals surface area contributed by atoms with Crippen LogP contribution in [0.3, 0.4) is 0 Å². The molecule has 3 nitrogen and oxygen atoms in total. The zero-order valence-electron chi connectivity index (χ0n) is 8.20. The quantitative estimate of drug-likeness (QED) is 0.822. The molecule has 0 aromatic carbocycles. The van der Waals surface area contributed by atoms with E-state index in [0.29, 0.717) is 5.25 Å². The Bertz CT molecular complexity index is 249. The van der Waals surface area contributed by atoms with E-state index in [1.807, 2.05) is 18.8 Å². The first-order chi connectivity index (χ1) is 6.26. The Morgan fingerprint density at radius 3 is 2.92 bits per heavy atom. The lowest BCUT2D eigenvalue weighted by molar-refractivity contribution is 0.903. The van der Waals surface area contributed by atoms with Crippen LogP contribution in [0.15, 0.2) is 0 Å². The van der Waals surface area contributed by atoms with Crippen LogP contribution in [0.1, 0.15) is 26.1 Å². The first-order valence-electron chi connectivity index (χ1n) is 4.38. The molecule has 1 rings (SSSR count). The summed E-state index contributed by atoms with van der Waals surface area (Å²) in [6.07, 6.45) is 1.20. The van der Waals surface area contributed by atoms with Gasteiger partial charge in [-0.15, -0.1) is 0 Å². The van der Waals surface area contributed by atoms with Crippen molar-refractivity contribution < 1.29 is 0 Å². The van der Waals surface area contributed by atoms with Gasteiger partial charge in [0.05, 0.1) is 5.75 Å². The maximum absolute atomic E-state index is 4.31. The molecule has 1 unspecified atom stereocenters. The van der Waals surface area contributed by atoms with Crippen molar-refractivity contribution in [2.75, 3.05) is 12.4 Å². The van der Waals surface area contributed by atoms with Crippen molar-refractivity contribution in [1.82, 2.24) is 9.36 Å². The van der Waals surface area contributed by atoms with Crippen LogP contribution in [0.5, 0.6) is 0 Å². The van der Waals surface area contributed by atoms with Crippen LogP contribution in [-0.2, 0) is 5.75 Å². The lowest BCUT2D eigenvalue weighted by atomic mass is 10.4. The first-order valence-corrected chi connectivity index (χ1v) is 6.20. The monoisotopic (exact) mass is 217 g/mol. The van der Waals surface area contributed by atoms with E-state index in [1.165, 1.54) is 18.0 Å². The molecule has 0 aliphatic rings. The van der Waals surface area contributed by atoms with Gasteiger partial charge in [0.2, 0.25) is 5.13 Å². The summed E-state index contributed by atoms with van der Waals surface area (Å²) >= 11 is 3.33. The van der Waals surface area contributed by atoms with Crippen molar-refractivity contribution in [3.05, 3.63) is 5.82 Å². The maximum atomic E-state index is 4.31. The van der Waals surface area contributed by atoms with Gasteiger partial charge in [-0.3, -0.25) is 0 Å². The molecule has 74 valence electrons. The molecule has 1 heterocycles. The highest BCUT2D eigenvalue weighted by molar-refractivity contribution is 7.99. The second kappa shape index (κ2) is 5.44. The number of rotatable bonds is 5. The van der Waals surface area contributed by atoms with Gasteiger partial charge in [-0.2, -0.15) is 16.1 Å². The van der Waals surface area contributed by atoms with Crippen LogP contribution < -0.4 is 5.32 Å². The highest BCUT2D eigenvalue weighted by Gasteiger charge is 2.04. The molecule has 1 atom stereocenters. The normalized spacial score (nSPS) is 12.8. The average molecular weight is 217 g/mol. The van der Waals surface area contributed by atoms with Gasteiger partial charge in [-0.05, 0) is 6.42 Å². The minimum absolute atomic E-state index is 0.696. The molecule has 0 saturated carbocycles. The van der Waals surface area contributed by atoms with Crippen molar-refractivity contribution >= 4 is 28.4 Å². The zero-order chi connectivity index (χ0) is 9.68. The third-order valence-electron chi connectivity index (χ3n) is 1.75. The largest absolute Gasteiger partial charge is 0.363 e. The molecule has 0 saturated heterocycles. The molecule has 0 aliphatic carbocycles. The molecule has 1 aromatic heterocycles. The molecule has 5 heteroatoms. The van der Waals surface area contributed by atoms with Crippen LogP contribution >= 0.6 is 23.3 Å². The Labute approximate surface area is 87.5 Å². The van der Waals surface area contributed by atoms with E-state index in [4.69, 9.17) is 0 Å². The van der Waals surface area contributed by atoms with Crippen LogP contribution in [-0.4, -0.2) is 21.7 Å². The van der Waals surface area contributed by atoms with E-state index >= 15 is 0 Å². The third-order valence-corrected chi connectivity index (χ3v) is 3.85. The Hall–Kier alpha value is -0.290. The minimum Gasteiger partial charge on any atom is -0.363 e. The number of aromatic nitrogens is 2. The summed E-state index contributed by atoms with van der Waals surface area (Å²) < 4.78 is 4.24. The van der Waals surface area contributed by atoms with Crippen LogP contribution in [0.25, 0.3) is 0 Å². The Morgan fingerprint density at radius 1 is 1.62 bits per heavy atom. The van der Waals surface area contributed by atoms with Gasteiger partial charge in [0.1, 0.15) is 0 Å². The topological polar surface area (TPSA) is 37.8 Å². The van der Waals surface area contributed by atoms with E-state index in [1.54, 1.807) is 0 Å². The van der Waals surface area contributed by atoms with Gasteiger partial charge in [0.25, 0.3) is 0 Å². The third kappa shape index (κ3) is 3.52. The predicted octanol–water partition coefficient (Wildman–Crippen LogP) is 2.61. The van der Waals surface area contributed by atoms with Crippen molar-refractivity contribution in [2.45, 2.75) is 31.3 Å². The fourth-order valence-electron chi connectivity index (χ4n) is 0.749. The fraction of sp³-hybridized carbons (Fsp3) is 0.750. The van der Waals surface area contributed by atoms with E-state index in [2.05, 4.69) is 28.5 Å². The van der Waals surface area contributed by atoms with Gasteiger partial charge in [0.15, 0.2) is 5.82 Å². The zero-order valence-corrected chi connectivity index (χ0v) is 9.84. The van der Waals surface area contributed by atoms with E-state index in [0.717, 1.165) is 16.7 Å². The molecule has 1 N–H and O–H groups in total. The lowest BCUT2D eigenvalue weighted by Crippen LogP contribution is -1.95. The summed E-state index contributed by atoms with van der Waals surface area (Å²) in [4.78, 5) is 4.31. The highest BCUT2D eigenvalue weighted by atomic mass is 32.2. The predicted molar refractivity (Wildman–Crippen MR) is 60.5 cm³/mol. The summed E-state index contributed by atoms with van der Waals surface area (Å²) in [5.74, 6) is 1.87. The van der Waals surface area contributed by atoms with Crippen LogP contribution in [0.4, 0.5) is 5.13 Å². The molecular formula is C8H15N3S2. The summed E-state index contributed by atoms with van der Waals surface area (Å²) in [5.41, 5.74) is 0. The summed E-state index contributed by atoms with van der Waals surface area (Å²) in [6, 6.07) is 0. The molecule has 13 heavy (non-hydrogen) atoms. The number of nitrogens with one attached hydrogen (secondary N) is 1. The molecule has 0 bridgehead atoms. The van der Waals surface area contributed by atoms with Gasteiger partial charge >= 0.3 is 0 Å². The van der Waals surface area contributed by atoms with Crippen molar-refractivity contribution in [3.8, 4) is 0 Å². The number of nitrogens with zero attached hydrogens (tertiary/aromatic N) is 2. The van der Waals surface area contributed by atoms with Crippen LogP contribution in [0, 0.1) is 0 Å². The summed E-state index contributed by atoms with van der Waals surface area (Å²) in [5, 5.41) is 4.58. The second-order valence-electron chi connectivity index (χ2n) is 2.80. The number of thioether (sulfide) groups is 1. The molecule has 0 radical (unpaired) electrons. The van der Waals surface area contributed by atoms with Gasteiger partial charge in [0, 0.05) is 23.8 Å². The van der Waals surface area contributed by atoms with Crippen molar-refractivity contribution in [2.24, 2.45) is 0 Å². The molecule has 1 aromatic rings. The molecule has 0 amide bonds. The van der Waals surface area contributed by atoms with E-state index in [9.17, 15) is 0 Å². The average Bonchev–Trinajstić information content (AvgIpc) is 2.61. The SMILES string of the molecule is CCC(C)SCc1nsc(NC)n1. The van der Waals surface area contributed by atoms with Gasteiger partial charge in [-0.1, -0.05) is 13.8 Å². The van der Waals surface area contributed by atoms with Gasteiger partial charge in [-0.25, -0.2) is 4.98 Å². The van der Waals surface area contributed by atoms with Gasteiger partial charge < -0.3 is 5.32 Å². The maximum Gasteiger partial charge on any atom is 0.202 e. The first kappa shape index (κ1) is 10.8.